The highest BCUT2D eigenvalue weighted by molar-refractivity contribution is 7.10. The van der Waals surface area contributed by atoms with E-state index in [1.807, 2.05) is 11.3 Å². The molecule has 108 valence electrons. The highest BCUT2D eigenvalue weighted by Crippen LogP contribution is 2.33. The van der Waals surface area contributed by atoms with E-state index in [9.17, 15) is 0 Å². The van der Waals surface area contributed by atoms with Gasteiger partial charge in [-0.3, -0.25) is 0 Å². The lowest BCUT2D eigenvalue weighted by atomic mass is 9.93. The molecular weight excluding hydrogens is 274 g/mol. The van der Waals surface area contributed by atoms with Crippen LogP contribution >= 0.6 is 11.3 Å². The number of rotatable bonds is 5. The van der Waals surface area contributed by atoms with Crippen molar-refractivity contribution in [2.75, 3.05) is 6.54 Å². The molecule has 1 heterocycles. The first-order valence-corrected chi connectivity index (χ1v) is 8.44. The normalized spacial score (nSPS) is 12.7. The molecule has 3 aromatic rings. The fraction of sp³-hybridized carbons (Fsp3) is 0.263. The van der Waals surface area contributed by atoms with Gasteiger partial charge < -0.3 is 5.32 Å². The predicted molar refractivity (Wildman–Crippen MR) is 93.1 cm³/mol. The number of hydrogen-bond acceptors (Lipinski definition) is 2. The van der Waals surface area contributed by atoms with Crippen molar-refractivity contribution >= 4 is 22.1 Å². The SMILES string of the molecule is CCCNC(c1cccs1)c1c(C)ccc2ccccc12. The second kappa shape index (κ2) is 6.42. The molecule has 1 N–H and O–H groups in total. The van der Waals surface area contributed by atoms with E-state index in [2.05, 4.69) is 73.1 Å². The van der Waals surface area contributed by atoms with Gasteiger partial charge in [-0.1, -0.05) is 49.4 Å². The highest BCUT2D eigenvalue weighted by atomic mass is 32.1. The van der Waals surface area contributed by atoms with Crippen LogP contribution in [-0.4, -0.2) is 6.54 Å². The molecule has 0 aliphatic rings. The van der Waals surface area contributed by atoms with Gasteiger partial charge in [-0.2, -0.15) is 0 Å². The second-order valence-electron chi connectivity index (χ2n) is 5.42. The van der Waals surface area contributed by atoms with Crippen LogP contribution in [0.15, 0.2) is 53.9 Å². The van der Waals surface area contributed by atoms with Crippen LogP contribution in [0.3, 0.4) is 0 Å². The number of benzene rings is 2. The van der Waals surface area contributed by atoms with Crippen LogP contribution in [0.2, 0.25) is 0 Å². The van der Waals surface area contributed by atoms with E-state index in [4.69, 9.17) is 0 Å². The zero-order valence-corrected chi connectivity index (χ0v) is 13.4. The lowest BCUT2D eigenvalue weighted by Crippen LogP contribution is -2.23. The van der Waals surface area contributed by atoms with Crippen LogP contribution < -0.4 is 5.32 Å². The first-order chi connectivity index (χ1) is 10.3. The molecule has 0 saturated heterocycles. The summed E-state index contributed by atoms with van der Waals surface area (Å²) in [6.07, 6.45) is 1.14. The molecule has 1 unspecified atom stereocenters. The summed E-state index contributed by atoms with van der Waals surface area (Å²) in [7, 11) is 0. The fourth-order valence-electron chi connectivity index (χ4n) is 2.88. The van der Waals surface area contributed by atoms with E-state index < -0.39 is 0 Å². The molecule has 0 amide bonds. The largest absolute Gasteiger partial charge is 0.306 e. The smallest absolute Gasteiger partial charge is 0.0679 e. The molecule has 0 fully saturated rings. The molecule has 21 heavy (non-hydrogen) atoms. The summed E-state index contributed by atoms with van der Waals surface area (Å²) >= 11 is 1.83. The van der Waals surface area contributed by atoms with E-state index >= 15 is 0 Å². The zero-order chi connectivity index (χ0) is 14.7. The maximum atomic E-state index is 3.73. The Morgan fingerprint density at radius 1 is 1.05 bits per heavy atom. The number of thiophene rings is 1. The Hall–Kier alpha value is -1.64. The third-order valence-electron chi connectivity index (χ3n) is 3.90. The molecule has 0 spiro atoms. The van der Waals surface area contributed by atoms with Crippen molar-refractivity contribution in [1.82, 2.24) is 5.32 Å². The summed E-state index contributed by atoms with van der Waals surface area (Å²) in [5, 5.41) is 8.57. The highest BCUT2D eigenvalue weighted by Gasteiger charge is 2.18. The van der Waals surface area contributed by atoms with Crippen molar-refractivity contribution in [3.8, 4) is 0 Å². The topological polar surface area (TPSA) is 12.0 Å². The average molecular weight is 295 g/mol. The van der Waals surface area contributed by atoms with Crippen LogP contribution in [0.4, 0.5) is 0 Å². The first kappa shape index (κ1) is 14.3. The fourth-order valence-corrected chi connectivity index (χ4v) is 3.69. The van der Waals surface area contributed by atoms with Gasteiger partial charge in [-0.05, 0) is 53.2 Å². The van der Waals surface area contributed by atoms with Crippen LogP contribution in [0.25, 0.3) is 10.8 Å². The minimum absolute atomic E-state index is 0.288. The third kappa shape index (κ3) is 2.87. The number of aryl methyl sites for hydroxylation is 1. The average Bonchev–Trinajstić information content (AvgIpc) is 3.03. The van der Waals surface area contributed by atoms with Crippen LogP contribution in [0.1, 0.15) is 35.4 Å². The van der Waals surface area contributed by atoms with E-state index in [1.54, 1.807) is 0 Å². The van der Waals surface area contributed by atoms with Gasteiger partial charge in [0, 0.05) is 4.88 Å². The third-order valence-corrected chi connectivity index (χ3v) is 4.84. The quantitative estimate of drug-likeness (QED) is 0.673. The Morgan fingerprint density at radius 3 is 2.67 bits per heavy atom. The molecule has 3 rings (SSSR count). The van der Waals surface area contributed by atoms with E-state index in [0.717, 1.165) is 13.0 Å². The van der Waals surface area contributed by atoms with Gasteiger partial charge in [-0.15, -0.1) is 11.3 Å². The molecule has 2 heteroatoms. The van der Waals surface area contributed by atoms with Gasteiger partial charge in [0.15, 0.2) is 0 Å². The Morgan fingerprint density at radius 2 is 1.90 bits per heavy atom. The standard InChI is InChI=1S/C19H21NS/c1-3-12-20-19(17-9-6-13-21-17)18-14(2)10-11-15-7-4-5-8-16(15)18/h4-11,13,19-20H,3,12H2,1-2H3. The molecule has 0 saturated carbocycles. The van der Waals surface area contributed by atoms with Crippen LogP contribution in [0.5, 0.6) is 0 Å². The van der Waals surface area contributed by atoms with Gasteiger partial charge in [0.05, 0.1) is 6.04 Å². The summed E-state index contributed by atoms with van der Waals surface area (Å²) in [5.41, 5.74) is 2.78. The Bertz CT molecular complexity index is 716. The second-order valence-corrected chi connectivity index (χ2v) is 6.40. The molecule has 2 aromatic carbocycles. The van der Waals surface area contributed by atoms with Crippen molar-refractivity contribution < 1.29 is 0 Å². The molecule has 0 aliphatic carbocycles. The van der Waals surface area contributed by atoms with E-state index in [1.165, 1.54) is 26.8 Å². The zero-order valence-electron chi connectivity index (χ0n) is 12.6. The molecule has 0 radical (unpaired) electrons. The molecule has 1 atom stereocenters. The van der Waals surface area contributed by atoms with Gasteiger partial charge in [0.1, 0.15) is 0 Å². The Balaban J connectivity index is 2.16. The Kier molecular flexibility index (Phi) is 4.37. The van der Waals surface area contributed by atoms with E-state index in [0.29, 0.717) is 0 Å². The van der Waals surface area contributed by atoms with Gasteiger partial charge in [0.2, 0.25) is 0 Å². The van der Waals surface area contributed by atoms with Crippen molar-refractivity contribution in [1.29, 1.82) is 0 Å². The number of nitrogens with one attached hydrogen (secondary N) is 1. The van der Waals surface area contributed by atoms with Gasteiger partial charge in [-0.25, -0.2) is 0 Å². The maximum absolute atomic E-state index is 3.73. The molecule has 1 nitrogen and oxygen atoms in total. The van der Waals surface area contributed by atoms with Crippen LogP contribution in [0, 0.1) is 6.92 Å². The molecule has 0 bridgehead atoms. The molecule has 1 aromatic heterocycles. The molecular formula is C19H21NS. The molecule has 0 aliphatic heterocycles. The minimum Gasteiger partial charge on any atom is -0.306 e. The van der Waals surface area contributed by atoms with Gasteiger partial charge >= 0.3 is 0 Å². The van der Waals surface area contributed by atoms with Crippen LogP contribution in [-0.2, 0) is 0 Å². The lowest BCUT2D eigenvalue weighted by molar-refractivity contribution is 0.607. The summed E-state index contributed by atoms with van der Waals surface area (Å²) in [4.78, 5) is 1.39. The predicted octanol–water partition coefficient (Wildman–Crippen LogP) is 5.30. The minimum atomic E-state index is 0.288. The lowest BCUT2D eigenvalue weighted by Gasteiger charge is -2.22. The van der Waals surface area contributed by atoms with Crippen molar-refractivity contribution in [2.45, 2.75) is 26.3 Å². The first-order valence-electron chi connectivity index (χ1n) is 7.56. The van der Waals surface area contributed by atoms with Gasteiger partial charge in [0.25, 0.3) is 0 Å². The van der Waals surface area contributed by atoms with E-state index in [-0.39, 0.29) is 6.04 Å². The number of fused-ring (bicyclic) bond motifs is 1. The van der Waals surface area contributed by atoms with Crippen molar-refractivity contribution in [3.63, 3.8) is 0 Å². The number of hydrogen-bond donors (Lipinski definition) is 1. The summed E-state index contributed by atoms with van der Waals surface area (Å²) in [5.74, 6) is 0. The maximum Gasteiger partial charge on any atom is 0.0679 e. The monoisotopic (exact) mass is 295 g/mol. The summed E-state index contributed by atoms with van der Waals surface area (Å²) in [6, 6.07) is 17.8. The van der Waals surface area contributed by atoms with Crippen molar-refractivity contribution in [3.05, 3.63) is 69.9 Å². The summed E-state index contributed by atoms with van der Waals surface area (Å²) in [6.45, 7) is 5.47. The van der Waals surface area contributed by atoms with Crippen molar-refractivity contribution in [2.24, 2.45) is 0 Å². The summed E-state index contributed by atoms with van der Waals surface area (Å²) < 4.78 is 0. The Labute approximate surface area is 130 Å².